The first-order valence-corrected chi connectivity index (χ1v) is 12.0. The topological polar surface area (TPSA) is 12.9 Å². The van der Waals surface area contributed by atoms with Crippen molar-refractivity contribution < 1.29 is 47.5 Å². The van der Waals surface area contributed by atoms with Gasteiger partial charge in [-0.1, -0.05) is 21.7 Å². The zero-order chi connectivity index (χ0) is 17.6. The van der Waals surface area contributed by atoms with Gasteiger partial charge in [0.05, 0.1) is 0 Å². The van der Waals surface area contributed by atoms with Gasteiger partial charge in [0.25, 0.3) is 0 Å². The SMILES string of the molecule is Brc1c[c-]c2c(c1)Cc1ccncc1-2.[Cl-].[Cl-].[S]=[Zr+2].c1ccc2[cH-]ccc2c1. The van der Waals surface area contributed by atoms with Crippen LogP contribution in [0.4, 0.5) is 0 Å². The summed E-state index contributed by atoms with van der Waals surface area (Å²) in [6.45, 7) is 0. The molecule has 0 N–H and O–H groups in total. The van der Waals surface area contributed by atoms with Crippen molar-refractivity contribution >= 4 is 35.6 Å². The fraction of sp³-hybridized carbons (Fsp3) is 0.0476. The number of pyridine rings is 1. The second-order valence-corrected chi connectivity index (χ2v) is 6.50. The molecule has 0 unspecified atom stereocenters. The molecular formula is C21H14BrCl2NSZr-2. The maximum Gasteiger partial charge on any atom is -0.0809 e. The summed E-state index contributed by atoms with van der Waals surface area (Å²) in [7, 11) is 4.17. The summed E-state index contributed by atoms with van der Waals surface area (Å²) in [6, 6.07) is 24.2. The number of aromatic nitrogens is 1. The van der Waals surface area contributed by atoms with Gasteiger partial charge < -0.3 is 24.8 Å². The second kappa shape index (κ2) is 12.0. The summed E-state index contributed by atoms with van der Waals surface area (Å²) in [4.78, 5) is 4.15. The summed E-state index contributed by atoms with van der Waals surface area (Å²) >= 11 is 4.60. The molecular weight excluding hydrogens is 540 g/mol. The number of rotatable bonds is 0. The molecule has 3 aromatic carbocycles. The first-order valence-electron chi connectivity index (χ1n) is 7.75. The van der Waals surface area contributed by atoms with Gasteiger partial charge in [-0.2, -0.15) is 17.5 Å². The Bertz CT molecular complexity index is 976. The van der Waals surface area contributed by atoms with Crippen molar-refractivity contribution in [2.75, 3.05) is 0 Å². The van der Waals surface area contributed by atoms with Gasteiger partial charge in [0.2, 0.25) is 0 Å². The minimum absolute atomic E-state index is 0. The molecule has 6 heteroatoms. The summed E-state index contributed by atoms with van der Waals surface area (Å²) < 4.78 is 1.09. The van der Waals surface area contributed by atoms with E-state index >= 15 is 0 Å². The smallest absolute Gasteiger partial charge is 0.0809 e. The van der Waals surface area contributed by atoms with Crippen LogP contribution in [0.15, 0.2) is 77.5 Å². The Morgan fingerprint density at radius 3 is 2.63 bits per heavy atom. The van der Waals surface area contributed by atoms with Gasteiger partial charge in [0.15, 0.2) is 0 Å². The Balaban J connectivity index is 0.000000247. The third-order valence-corrected chi connectivity index (χ3v) is 4.55. The monoisotopic (exact) mass is 551 g/mol. The van der Waals surface area contributed by atoms with Crippen molar-refractivity contribution in [2.24, 2.45) is 0 Å². The minimum Gasteiger partial charge on any atom is -0.168 e. The summed E-state index contributed by atoms with van der Waals surface area (Å²) in [5.41, 5.74) is 5.12. The zero-order valence-electron chi connectivity index (χ0n) is 14.1. The Kier molecular flexibility index (Phi) is 10.9. The molecule has 0 saturated carbocycles. The van der Waals surface area contributed by atoms with Gasteiger partial charge in [-0.15, -0.1) is 74.9 Å². The first-order chi connectivity index (χ1) is 12.3. The van der Waals surface area contributed by atoms with Crippen LogP contribution in [0.3, 0.4) is 0 Å². The Morgan fingerprint density at radius 1 is 1.07 bits per heavy atom. The molecule has 1 aromatic heterocycles. The summed E-state index contributed by atoms with van der Waals surface area (Å²) in [5, 5.41) is 2.66. The molecule has 1 aliphatic carbocycles. The van der Waals surface area contributed by atoms with Crippen LogP contribution in [0.1, 0.15) is 11.1 Å². The maximum atomic E-state index is 4.17. The van der Waals surface area contributed by atoms with Crippen LogP contribution in [0.5, 0.6) is 0 Å². The zero-order valence-corrected chi connectivity index (χ0v) is 20.5. The molecule has 0 saturated heterocycles. The van der Waals surface area contributed by atoms with Crippen LogP contribution in [-0.2, 0) is 29.1 Å². The molecule has 27 heavy (non-hydrogen) atoms. The Labute approximate surface area is 198 Å². The van der Waals surface area contributed by atoms with Gasteiger partial charge in [-0.3, -0.25) is 4.98 Å². The van der Waals surface area contributed by atoms with Crippen molar-refractivity contribution in [1.82, 2.24) is 4.98 Å². The van der Waals surface area contributed by atoms with Gasteiger partial charge in [0, 0.05) is 6.20 Å². The molecule has 1 nitrogen and oxygen atoms in total. The molecule has 5 rings (SSSR count). The molecule has 1 heterocycles. The third-order valence-electron chi connectivity index (χ3n) is 4.10. The van der Waals surface area contributed by atoms with E-state index in [0.29, 0.717) is 0 Å². The normalized spacial score (nSPS) is 10.0. The number of hydrogen-bond donors (Lipinski definition) is 0. The molecule has 0 radical (unpaired) electrons. The number of hydrogen-bond acceptors (Lipinski definition) is 2. The van der Waals surface area contributed by atoms with Gasteiger partial charge >= 0.3 is 31.5 Å². The standard InChI is InChI=1S/C12H7BrN.C9H7.2ClH.S.Zr/c13-10-1-2-11-9(6-10)5-8-3-4-14-7-12(8)11;1-2-5-9-7-3-6-8(9)4-1;;;;/h1,3-4,6-7H,5H2;1-7H;2*1H;;/q2*-1;;;;+2/p-2. The van der Waals surface area contributed by atoms with Gasteiger partial charge in [0.1, 0.15) is 0 Å². The van der Waals surface area contributed by atoms with Crippen molar-refractivity contribution in [1.29, 1.82) is 0 Å². The van der Waals surface area contributed by atoms with Crippen molar-refractivity contribution in [3.8, 4) is 11.1 Å². The maximum absolute atomic E-state index is 4.17. The Morgan fingerprint density at radius 2 is 1.85 bits per heavy atom. The fourth-order valence-corrected chi connectivity index (χ4v) is 3.37. The van der Waals surface area contributed by atoms with E-state index in [2.05, 4.69) is 90.4 Å². The Hall–Kier alpha value is -0.637. The molecule has 136 valence electrons. The molecule has 0 aliphatic heterocycles. The summed E-state index contributed by atoms with van der Waals surface area (Å²) in [5.74, 6) is 0. The molecule has 4 aromatic rings. The van der Waals surface area contributed by atoms with E-state index in [-0.39, 0.29) is 24.8 Å². The summed E-state index contributed by atoms with van der Waals surface area (Å²) in [6.07, 6.45) is 4.77. The number of halogens is 3. The largest absolute Gasteiger partial charge is 0.168 e. The van der Waals surface area contributed by atoms with E-state index in [9.17, 15) is 0 Å². The van der Waals surface area contributed by atoms with Crippen LogP contribution >= 0.6 is 24.8 Å². The number of benzene rings is 2. The average Bonchev–Trinajstić information content (AvgIpc) is 3.27. The molecule has 0 fully saturated rings. The van der Waals surface area contributed by atoms with Crippen molar-refractivity contribution in [3.63, 3.8) is 0 Å². The van der Waals surface area contributed by atoms with E-state index in [4.69, 9.17) is 0 Å². The molecule has 0 atom stereocenters. The average molecular weight is 554 g/mol. The third kappa shape index (κ3) is 5.92. The van der Waals surface area contributed by atoms with Crippen LogP contribution in [-0.4, -0.2) is 4.98 Å². The minimum atomic E-state index is 0. The first kappa shape index (κ1) is 24.4. The van der Waals surface area contributed by atoms with Gasteiger partial charge in [-0.25, -0.2) is 0 Å². The molecule has 1 aliphatic rings. The predicted molar refractivity (Wildman–Crippen MR) is 106 cm³/mol. The molecule has 0 bridgehead atoms. The van der Waals surface area contributed by atoms with Crippen molar-refractivity contribution in [3.05, 3.63) is 94.7 Å². The van der Waals surface area contributed by atoms with E-state index in [1.165, 1.54) is 33.0 Å². The van der Waals surface area contributed by atoms with E-state index < -0.39 is 0 Å². The van der Waals surface area contributed by atoms with Crippen LogP contribution in [0, 0.1) is 6.07 Å². The van der Waals surface area contributed by atoms with Crippen LogP contribution < -0.4 is 24.8 Å². The molecule has 0 amide bonds. The number of nitrogens with zero attached hydrogens (tertiary/aromatic N) is 1. The quantitative estimate of drug-likeness (QED) is 0.258. The number of fused-ring (bicyclic) bond motifs is 4. The predicted octanol–water partition coefficient (Wildman–Crippen LogP) is 0.428. The second-order valence-electron chi connectivity index (χ2n) is 5.58. The van der Waals surface area contributed by atoms with E-state index in [1.54, 1.807) is 0 Å². The molecule has 0 spiro atoms. The fourth-order valence-electron chi connectivity index (χ4n) is 2.98. The van der Waals surface area contributed by atoms with Gasteiger partial charge in [-0.05, 0) is 18.7 Å². The van der Waals surface area contributed by atoms with E-state index in [0.717, 1.165) is 33.6 Å². The van der Waals surface area contributed by atoms with Crippen molar-refractivity contribution in [2.45, 2.75) is 6.42 Å². The van der Waals surface area contributed by atoms with Crippen LogP contribution in [0.25, 0.3) is 21.9 Å². The van der Waals surface area contributed by atoms with Crippen LogP contribution in [0.2, 0.25) is 0 Å². The van der Waals surface area contributed by atoms with E-state index in [1.807, 2.05) is 18.5 Å².